The van der Waals surface area contributed by atoms with Crippen LogP contribution in [0.2, 0.25) is 0 Å². The normalized spacial score (nSPS) is 20.0. The quantitative estimate of drug-likeness (QED) is 0.208. The van der Waals surface area contributed by atoms with Gasteiger partial charge in [-0.05, 0) is 58.4 Å². The summed E-state index contributed by atoms with van der Waals surface area (Å²) in [4.78, 5) is 19.1. The van der Waals surface area contributed by atoms with Gasteiger partial charge in [-0.15, -0.1) is 24.0 Å². The van der Waals surface area contributed by atoms with Crippen LogP contribution < -0.4 is 10.6 Å². The number of carbonyl (C=O) groups excluding carboxylic acids is 1. The zero-order valence-electron chi connectivity index (χ0n) is 19.4. The highest BCUT2D eigenvalue weighted by Crippen LogP contribution is 2.18. The van der Waals surface area contributed by atoms with Gasteiger partial charge in [-0.2, -0.15) is 0 Å². The van der Waals surface area contributed by atoms with Gasteiger partial charge in [0.05, 0.1) is 25.1 Å². The number of hydrogen-bond acceptors (Lipinski definition) is 5. The standard InChI is InChI=1S/C23H38N4O4.HI/c1-3-24-23(26-12-6-11-25-22(28)21-18(2)10-16-30-21)27-13-8-19(9-14-27)31-17-20-7-4-5-15-29-20;/h10,16,19-20H,3-9,11-15,17H2,1-2H3,(H,24,26)(H,25,28);1H. The molecule has 1 amide bonds. The number of rotatable bonds is 9. The van der Waals surface area contributed by atoms with Crippen molar-refractivity contribution in [2.75, 3.05) is 45.9 Å². The summed E-state index contributed by atoms with van der Waals surface area (Å²) in [6.45, 7) is 9.50. The van der Waals surface area contributed by atoms with Gasteiger partial charge in [0.2, 0.25) is 0 Å². The number of aryl methyl sites for hydroxylation is 1. The third kappa shape index (κ3) is 8.55. The lowest BCUT2D eigenvalue weighted by Crippen LogP contribution is -2.47. The Morgan fingerprint density at radius 1 is 1.25 bits per heavy atom. The Morgan fingerprint density at radius 2 is 2.06 bits per heavy atom. The first-order chi connectivity index (χ1) is 15.2. The largest absolute Gasteiger partial charge is 0.459 e. The minimum atomic E-state index is -0.168. The molecule has 0 aliphatic carbocycles. The van der Waals surface area contributed by atoms with Gasteiger partial charge >= 0.3 is 0 Å². The van der Waals surface area contributed by atoms with Crippen LogP contribution >= 0.6 is 24.0 Å². The maximum absolute atomic E-state index is 12.1. The van der Waals surface area contributed by atoms with Crippen molar-refractivity contribution in [2.24, 2.45) is 4.99 Å². The molecule has 0 spiro atoms. The molecule has 3 rings (SSSR count). The van der Waals surface area contributed by atoms with E-state index in [9.17, 15) is 4.79 Å². The summed E-state index contributed by atoms with van der Waals surface area (Å²) in [5, 5.41) is 6.29. The molecule has 182 valence electrons. The Kier molecular flexibility index (Phi) is 12.4. The average molecular weight is 562 g/mol. The van der Waals surface area contributed by atoms with E-state index in [1.807, 2.05) is 6.92 Å². The zero-order valence-corrected chi connectivity index (χ0v) is 21.8. The van der Waals surface area contributed by atoms with Crippen LogP contribution in [-0.4, -0.2) is 74.9 Å². The first-order valence-electron chi connectivity index (χ1n) is 11.8. The van der Waals surface area contributed by atoms with E-state index in [1.54, 1.807) is 6.07 Å². The Morgan fingerprint density at radius 3 is 2.72 bits per heavy atom. The van der Waals surface area contributed by atoms with Crippen molar-refractivity contribution in [1.29, 1.82) is 0 Å². The van der Waals surface area contributed by atoms with Gasteiger partial charge in [-0.1, -0.05) is 0 Å². The van der Waals surface area contributed by atoms with Crippen molar-refractivity contribution in [2.45, 2.75) is 64.6 Å². The molecule has 8 nitrogen and oxygen atoms in total. The van der Waals surface area contributed by atoms with Gasteiger partial charge in [0.15, 0.2) is 11.7 Å². The molecule has 32 heavy (non-hydrogen) atoms. The van der Waals surface area contributed by atoms with Crippen molar-refractivity contribution in [3.8, 4) is 0 Å². The number of nitrogens with one attached hydrogen (secondary N) is 2. The van der Waals surface area contributed by atoms with Crippen LogP contribution in [0, 0.1) is 6.92 Å². The molecule has 1 atom stereocenters. The zero-order chi connectivity index (χ0) is 21.9. The molecular weight excluding hydrogens is 523 g/mol. The molecule has 9 heteroatoms. The Labute approximate surface area is 208 Å². The topological polar surface area (TPSA) is 88.3 Å². The van der Waals surface area contributed by atoms with E-state index in [2.05, 4.69) is 22.5 Å². The lowest BCUT2D eigenvalue weighted by Gasteiger charge is -2.35. The smallest absolute Gasteiger partial charge is 0.287 e. The first kappa shape index (κ1) is 26.9. The van der Waals surface area contributed by atoms with Gasteiger partial charge in [0.25, 0.3) is 5.91 Å². The summed E-state index contributed by atoms with van der Waals surface area (Å²) in [6, 6.07) is 1.79. The van der Waals surface area contributed by atoms with Crippen LogP contribution in [-0.2, 0) is 9.47 Å². The van der Waals surface area contributed by atoms with Crippen LogP contribution in [0.15, 0.2) is 21.7 Å². The summed E-state index contributed by atoms with van der Waals surface area (Å²) >= 11 is 0. The molecule has 2 saturated heterocycles. The number of hydrogen-bond donors (Lipinski definition) is 2. The van der Waals surface area contributed by atoms with Crippen molar-refractivity contribution >= 4 is 35.8 Å². The number of halogens is 1. The summed E-state index contributed by atoms with van der Waals surface area (Å²) in [5.74, 6) is 1.17. The summed E-state index contributed by atoms with van der Waals surface area (Å²) in [5.41, 5.74) is 0.851. The second kappa shape index (κ2) is 14.7. The average Bonchev–Trinajstić information content (AvgIpc) is 3.23. The van der Waals surface area contributed by atoms with E-state index in [0.717, 1.165) is 70.1 Å². The second-order valence-electron chi connectivity index (χ2n) is 8.29. The SMILES string of the molecule is CCNC(=NCCCNC(=O)c1occc1C)N1CCC(OCC2CCCCO2)CC1.I. The van der Waals surface area contributed by atoms with E-state index in [-0.39, 0.29) is 36.0 Å². The number of amides is 1. The number of nitrogens with zero attached hydrogens (tertiary/aromatic N) is 2. The minimum Gasteiger partial charge on any atom is -0.459 e. The molecule has 2 N–H and O–H groups in total. The Bertz CT molecular complexity index is 698. The predicted molar refractivity (Wildman–Crippen MR) is 136 cm³/mol. The van der Waals surface area contributed by atoms with Gasteiger partial charge in [0.1, 0.15) is 0 Å². The predicted octanol–water partition coefficient (Wildman–Crippen LogP) is 3.34. The highest BCUT2D eigenvalue weighted by molar-refractivity contribution is 14.0. The van der Waals surface area contributed by atoms with Crippen molar-refractivity contribution in [1.82, 2.24) is 15.5 Å². The number of ether oxygens (including phenoxy) is 2. The van der Waals surface area contributed by atoms with E-state index in [4.69, 9.17) is 18.9 Å². The molecule has 2 aliphatic heterocycles. The number of carbonyl (C=O) groups is 1. The number of likely N-dealkylation sites (tertiary alicyclic amines) is 1. The number of aliphatic imine (C=N–C) groups is 1. The molecule has 1 aromatic rings. The third-order valence-corrected chi connectivity index (χ3v) is 5.82. The molecule has 0 saturated carbocycles. The number of furan rings is 1. The van der Waals surface area contributed by atoms with Crippen LogP contribution in [0.1, 0.15) is 61.6 Å². The molecule has 1 aromatic heterocycles. The molecule has 0 aromatic carbocycles. The fraction of sp³-hybridized carbons (Fsp3) is 0.739. The lowest BCUT2D eigenvalue weighted by atomic mass is 10.1. The molecule has 2 aliphatic rings. The lowest BCUT2D eigenvalue weighted by molar-refractivity contribution is -0.0721. The van der Waals surface area contributed by atoms with Crippen LogP contribution in [0.3, 0.4) is 0 Å². The van der Waals surface area contributed by atoms with Gasteiger partial charge in [-0.25, -0.2) is 0 Å². The maximum atomic E-state index is 12.1. The fourth-order valence-corrected chi connectivity index (χ4v) is 3.99. The summed E-state index contributed by atoms with van der Waals surface area (Å²) in [6.07, 6.45) is 8.48. The van der Waals surface area contributed by atoms with Crippen LogP contribution in [0.25, 0.3) is 0 Å². The van der Waals surface area contributed by atoms with Crippen molar-refractivity contribution in [3.05, 3.63) is 23.7 Å². The number of guanidine groups is 1. The second-order valence-corrected chi connectivity index (χ2v) is 8.29. The van der Waals surface area contributed by atoms with E-state index >= 15 is 0 Å². The van der Waals surface area contributed by atoms with Crippen LogP contribution in [0.5, 0.6) is 0 Å². The Balaban J connectivity index is 0.00000363. The van der Waals surface area contributed by atoms with E-state index in [0.29, 0.717) is 25.0 Å². The Hall–Kier alpha value is -1.33. The molecular formula is C23H39IN4O4. The van der Waals surface area contributed by atoms with E-state index in [1.165, 1.54) is 19.1 Å². The summed E-state index contributed by atoms with van der Waals surface area (Å²) in [7, 11) is 0. The van der Waals surface area contributed by atoms with Crippen molar-refractivity contribution in [3.63, 3.8) is 0 Å². The number of piperidine rings is 1. The van der Waals surface area contributed by atoms with Gasteiger partial charge in [-0.3, -0.25) is 9.79 Å². The summed E-state index contributed by atoms with van der Waals surface area (Å²) < 4.78 is 17.1. The maximum Gasteiger partial charge on any atom is 0.287 e. The van der Waals surface area contributed by atoms with Crippen LogP contribution in [0.4, 0.5) is 0 Å². The highest BCUT2D eigenvalue weighted by Gasteiger charge is 2.23. The molecule has 0 bridgehead atoms. The monoisotopic (exact) mass is 562 g/mol. The van der Waals surface area contributed by atoms with Crippen molar-refractivity contribution < 1.29 is 18.7 Å². The third-order valence-electron chi connectivity index (χ3n) is 5.82. The fourth-order valence-electron chi connectivity index (χ4n) is 3.99. The molecule has 1 unspecified atom stereocenters. The first-order valence-corrected chi connectivity index (χ1v) is 11.8. The highest BCUT2D eigenvalue weighted by atomic mass is 127. The molecule has 2 fully saturated rings. The van der Waals surface area contributed by atoms with Gasteiger partial charge < -0.3 is 29.4 Å². The van der Waals surface area contributed by atoms with E-state index < -0.39 is 0 Å². The minimum absolute atomic E-state index is 0. The molecule has 0 radical (unpaired) electrons. The van der Waals surface area contributed by atoms with Gasteiger partial charge in [0, 0.05) is 44.9 Å². The molecule has 3 heterocycles.